The number of ether oxygens (including phenoxy) is 1. The highest BCUT2D eigenvalue weighted by Gasteiger charge is 2.12. The highest BCUT2D eigenvalue weighted by molar-refractivity contribution is 6.09. The Bertz CT molecular complexity index is 788. The van der Waals surface area contributed by atoms with Crippen LogP contribution in [0.5, 0.6) is 0 Å². The zero-order valence-corrected chi connectivity index (χ0v) is 13.7. The Morgan fingerprint density at radius 2 is 2.00 bits per heavy atom. The number of carbonyl (C=O) groups excluding carboxylic acids is 1. The minimum absolute atomic E-state index is 0.0326. The SMILES string of the molecule is N#CC(=Cc1cccnc1)C(=O)Nc1ccc(N2CCOCC2)cc1. The topological polar surface area (TPSA) is 78.2 Å². The number of rotatable bonds is 4. The van der Waals surface area contributed by atoms with Gasteiger partial charge in [0, 0.05) is 36.9 Å². The average molecular weight is 334 g/mol. The molecule has 2 heterocycles. The van der Waals surface area contributed by atoms with E-state index in [0.717, 1.165) is 32.0 Å². The molecule has 0 unspecified atom stereocenters. The molecule has 126 valence electrons. The van der Waals surface area contributed by atoms with Crippen molar-refractivity contribution in [2.24, 2.45) is 0 Å². The molecule has 1 aromatic carbocycles. The van der Waals surface area contributed by atoms with Crippen LogP contribution in [0.15, 0.2) is 54.4 Å². The summed E-state index contributed by atoms with van der Waals surface area (Å²) in [4.78, 5) is 18.5. The second kappa shape index (κ2) is 8.08. The van der Waals surface area contributed by atoms with Gasteiger partial charge in [0.2, 0.25) is 0 Å². The van der Waals surface area contributed by atoms with E-state index >= 15 is 0 Å². The molecule has 1 aliphatic rings. The molecule has 0 bridgehead atoms. The predicted octanol–water partition coefficient (Wildman–Crippen LogP) is 2.46. The van der Waals surface area contributed by atoms with Gasteiger partial charge in [0.25, 0.3) is 5.91 Å². The Morgan fingerprint density at radius 3 is 2.64 bits per heavy atom. The summed E-state index contributed by atoms with van der Waals surface area (Å²) in [7, 11) is 0. The van der Waals surface area contributed by atoms with Crippen molar-refractivity contribution in [3.63, 3.8) is 0 Å². The van der Waals surface area contributed by atoms with Gasteiger partial charge in [-0.05, 0) is 42.0 Å². The van der Waals surface area contributed by atoms with Gasteiger partial charge in [-0.3, -0.25) is 9.78 Å². The van der Waals surface area contributed by atoms with E-state index in [-0.39, 0.29) is 5.57 Å². The summed E-state index contributed by atoms with van der Waals surface area (Å²) in [6.07, 6.45) is 4.76. The van der Waals surface area contributed by atoms with Gasteiger partial charge in [-0.15, -0.1) is 0 Å². The first-order valence-electron chi connectivity index (χ1n) is 8.02. The second-order valence-electron chi connectivity index (χ2n) is 5.56. The number of nitriles is 1. The fourth-order valence-corrected chi connectivity index (χ4v) is 2.55. The maximum atomic E-state index is 12.3. The van der Waals surface area contributed by atoms with Crippen molar-refractivity contribution in [2.45, 2.75) is 0 Å². The van der Waals surface area contributed by atoms with Crippen molar-refractivity contribution < 1.29 is 9.53 Å². The molecule has 0 spiro atoms. The molecule has 1 fully saturated rings. The number of anilines is 2. The van der Waals surface area contributed by atoms with Crippen LogP contribution in [-0.4, -0.2) is 37.2 Å². The molecular formula is C19H18N4O2. The number of benzene rings is 1. The number of carbonyl (C=O) groups is 1. The third-order valence-electron chi connectivity index (χ3n) is 3.86. The maximum absolute atomic E-state index is 12.3. The van der Waals surface area contributed by atoms with Gasteiger partial charge in [-0.25, -0.2) is 0 Å². The van der Waals surface area contributed by atoms with Crippen LogP contribution in [-0.2, 0) is 9.53 Å². The van der Waals surface area contributed by atoms with Crippen LogP contribution in [0, 0.1) is 11.3 Å². The lowest BCUT2D eigenvalue weighted by Gasteiger charge is -2.28. The minimum atomic E-state index is -0.439. The third kappa shape index (κ3) is 4.43. The summed E-state index contributed by atoms with van der Waals surface area (Å²) in [5.74, 6) is -0.439. The molecule has 0 aliphatic carbocycles. The van der Waals surface area contributed by atoms with E-state index in [1.807, 2.05) is 30.3 Å². The number of pyridine rings is 1. The molecule has 1 amide bonds. The van der Waals surface area contributed by atoms with E-state index in [0.29, 0.717) is 11.3 Å². The summed E-state index contributed by atoms with van der Waals surface area (Å²) in [5, 5.41) is 12.0. The molecule has 0 radical (unpaired) electrons. The van der Waals surface area contributed by atoms with E-state index in [2.05, 4.69) is 15.2 Å². The Balaban J connectivity index is 1.67. The Hall–Kier alpha value is -3.17. The lowest BCUT2D eigenvalue weighted by molar-refractivity contribution is -0.112. The number of hydrogen-bond acceptors (Lipinski definition) is 5. The van der Waals surface area contributed by atoms with Crippen molar-refractivity contribution in [1.29, 1.82) is 5.26 Å². The minimum Gasteiger partial charge on any atom is -0.378 e. The van der Waals surface area contributed by atoms with Gasteiger partial charge in [0.15, 0.2) is 0 Å². The zero-order chi connectivity index (χ0) is 17.5. The molecule has 1 N–H and O–H groups in total. The number of hydrogen-bond donors (Lipinski definition) is 1. The van der Waals surface area contributed by atoms with Crippen molar-refractivity contribution >= 4 is 23.4 Å². The molecule has 1 aliphatic heterocycles. The van der Waals surface area contributed by atoms with Crippen LogP contribution in [0.1, 0.15) is 5.56 Å². The summed E-state index contributed by atoms with van der Waals surface area (Å²) >= 11 is 0. The van der Waals surface area contributed by atoms with E-state index in [9.17, 15) is 10.1 Å². The molecule has 6 heteroatoms. The normalized spacial score (nSPS) is 14.7. The van der Waals surface area contributed by atoms with Gasteiger partial charge in [0.1, 0.15) is 11.6 Å². The van der Waals surface area contributed by atoms with Crippen molar-refractivity contribution in [2.75, 3.05) is 36.5 Å². The molecule has 25 heavy (non-hydrogen) atoms. The average Bonchev–Trinajstić information content (AvgIpc) is 2.68. The Morgan fingerprint density at radius 1 is 1.24 bits per heavy atom. The van der Waals surface area contributed by atoms with Crippen LogP contribution in [0.4, 0.5) is 11.4 Å². The van der Waals surface area contributed by atoms with Gasteiger partial charge in [0.05, 0.1) is 13.2 Å². The first-order chi connectivity index (χ1) is 12.3. The van der Waals surface area contributed by atoms with Gasteiger partial charge in [-0.2, -0.15) is 5.26 Å². The fourth-order valence-electron chi connectivity index (χ4n) is 2.55. The third-order valence-corrected chi connectivity index (χ3v) is 3.86. The largest absolute Gasteiger partial charge is 0.378 e. The maximum Gasteiger partial charge on any atom is 0.266 e. The molecule has 1 aromatic heterocycles. The number of amides is 1. The van der Waals surface area contributed by atoms with Crippen molar-refractivity contribution in [1.82, 2.24) is 4.98 Å². The molecule has 0 atom stereocenters. The van der Waals surface area contributed by atoms with Crippen molar-refractivity contribution in [3.05, 3.63) is 59.9 Å². The van der Waals surface area contributed by atoms with Crippen LogP contribution >= 0.6 is 0 Å². The first-order valence-corrected chi connectivity index (χ1v) is 8.02. The molecule has 0 saturated carbocycles. The summed E-state index contributed by atoms with van der Waals surface area (Å²) in [6, 6.07) is 13.1. The smallest absolute Gasteiger partial charge is 0.266 e. The van der Waals surface area contributed by atoms with Gasteiger partial charge < -0.3 is 15.0 Å². The molecular weight excluding hydrogens is 316 g/mol. The van der Waals surface area contributed by atoms with Crippen LogP contribution < -0.4 is 10.2 Å². The lowest BCUT2D eigenvalue weighted by Crippen LogP contribution is -2.36. The highest BCUT2D eigenvalue weighted by atomic mass is 16.5. The summed E-state index contributed by atoms with van der Waals surface area (Å²) in [5.41, 5.74) is 2.48. The molecule has 2 aromatic rings. The van der Waals surface area contributed by atoms with Gasteiger partial charge >= 0.3 is 0 Å². The molecule has 1 saturated heterocycles. The summed E-state index contributed by atoms with van der Waals surface area (Å²) in [6.45, 7) is 3.17. The highest BCUT2D eigenvalue weighted by Crippen LogP contribution is 2.19. The Labute approximate surface area is 146 Å². The number of morpholine rings is 1. The van der Waals surface area contributed by atoms with E-state index in [4.69, 9.17) is 4.74 Å². The zero-order valence-electron chi connectivity index (χ0n) is 13.7. The quantitative estimate of drug-likeness (QED) is 0.686. The van der Waals surface area contributed by atoms with E-state index < -0.39 is 5.91 Å². The number of nitrogens with one attached hydrogen (secondary N) is 1. The van der Waals surface area contributed by atoms with Crippen LogP contribution in [0.25, 0.3) is 6.08 Å². The number of nitrogens with zero attached hydrogens (tertiary/aromatic N) is 3. The van der Waals surface area contributed by atoms with E-state index in [1.54, 1.807) is 24.5 Å². The predicted molar refractivity (Wildman–Crippen MR) is 95.9 cm³/mol. The van der Waals surface area contributed by atoms with Crippen molar-refractivity contribution in [3.8, 4) is 6.07 Å². The van der Waals surface area contributed by atoms with Gasteiger partial charge in [-0.1, -0.05) is 6.07 Å². The molecule has 6 nitrogen and oxygen atoms in total. The molecule has 3 rings (SSSR count). The summed E-state index contributed by atoms with van der Waals surface area (Å²) < 4.78 is 5.35. The van der Waals surface area contributed by atoms with E-state index in [1.165, 1.54) is 6.08 Å². The fraction of sp³-hybridized carbons (Fsp3) is 0.211. The number of aromatic nitrogens is 1. The monoisotopic (exact) mass is 334 g/mol. The standard InChI is InChI=1S/C19H18N4O2/c20-13-16(12-15-2-1-7-21-14-15)19(24)22-17-3-5-18(6-4-17)23-8-10-25-11-9-23/h1-7,12,14H,8-11H2,(H,22,24). The Kier molecular flexibility index (Phi) is 5.39. The lowest BCUT2D eigenvalue weighted by atomic mass is 10.1. The first kappa shape index (κ1) is 16.7. The second-order valence-corrected chi connectivity index (χ2v) is 5.56. The van der Waals surface area contributed by atoms with Crippen LogP contribution in [0.2, 0.25) is 0 Å². The van der Waals surface area contributed by atoms with Crippen LogP contribution in [0.3, 0.4) is 0 Å².